The molecule has 0 fully saturated rings. The topological polar surface area (TPSA) is 26.0 Å². The first-order chi connectivity index (χ1) is 8.50. The van der Waals surface area contributed by atoms with Crippen LogP contribution in [-0.4, -0.2) is 0 Å². The summed E-state index contributed by atoms with van der Waals surface area (Å²) in [4.78, 5) is 0. The second-order valence-corrected chi connectivity index (χ2v) is 4.96. The first-order valence-corrected chi connectivity index (χ1v) is 6.25. The van der Waals surface area contributed by atoms with Crippen LogP contribution in [0, 0.1) is 18.6 Å². The first kappa shape index (κ1) is 13.2. The molecule has 0 aliphatic heterocycles. The zero-order valence-electron chi connectivity index (χ0n) is 9.75. The lowest BCUT2D eigenvalue weighted by Gasteiger charge is -2.16. The van der Waals surface area contributed by atoms with E-state index in [4.69, 9.17) is 5.73 Å². The summed E-state index contributed by atoms with van der Waals surface area (Å²) in [6.07, 6.45) is 0. The summed E-state index contributed by atoms with van der Waals surface area (Å²) in [5, 5.41) is 0. The second-order valence-electron chi connectivity index (χ2n) is 4.11. The lowest BCUT2D eigenvalue weighted by Crippen LogP contribution is -2.14. The molecular weight excluding hydrogens is 300 g/mol. The average Bonchev–Trinajstić information content (AvgIpc) is 2.35. The molecule has 1 atom stereocenters. The maximum atomic E-state index is 13.2. The molecule has 2 aromatic carbocycles. The molecule has 2 rings (SSSR count). The van der Waals surface area contributed by atoms with E-state index in [2.05, 4.69) is 15.9 Å². The predicted octanol–water partition coefficient (Wildman–Crippen LogP) is 4.08. The Morgan fingerprint density at radius 2 is 1.83 bits per heavy atom. The van der Waals surface area contributed by atoms with Gasteiger partial charge in [-0.15, -0.1) is 0 Å². The summed E-state index contributed by atoms with van der Waals surface area (Å²) < 4.78 is 27.0. The van der Waals surface area contributed by atoms with Crippen LogP contribution in [0.3, 0.4) is 0 Å². The fourth-order valence-corrected chi connectivity index (χ4v) is 2.23. The average molecular weight is 312 g/mol. The summed E-state index contributed by atoms with van der Waals surface area (Å²) in [5.41, 5.74) is 8.53. The monoisotopic (exact) mass is 311 g/mol. The Morgan fingerprint density at radius 3 is 2.50 bits per heavy atom. The van der Waals surface area contributed by atoms with Gasteiger partial charge in [-0.25, -0.2) is 8.78 Å². The van der Waals surface area contributed by atoms with Gasteiger partial charge in [0.25, 0.3) is 0 Å². The minimum Gasteiger partial charge on any atom is -0.320 e. The van der Waals surface area contributed by atoms with Crippen molar-refractivity contribution >= 4 is 15.9 Å². The lowest BCUT2D eigenvalue weighted by atomic mass is 9.96. The Labute approximate surface area is 113 Å². The fourth-order valence-electron chi connectivity index (χ4n) is 1.85. The molecule has 0 bridgehead atoms. The highest BCUT2D eigenvalue weighted by Gasteiger charge is 2.14. The van der Waals surface area contributed by atoms with Crippen LogP contribution in [0.4, 0.5) is 8.78 Å². The second kappa shape index (κ2) is 5.16. The van der Waals surface area contributed by atoms with Crippen LogP contribution in [0.15, 0.2) is 40.9 Å². The van der Waals surface area contributed by atoms with Crippen molar-refractivity contribution in [2.75, 3.05) is 0 Å². The molecule has 94 valence electrons. The van der Waals surface area contributed by atoms with E-state index in [1.54, 1.807) is 0 Å². The van der Waals surface area contributed by atoms with Gasteiger partial charge in [-0.3, -0.25) is 0 Å². The Bertz CT molecular complexity index is 584. The van der Waals surface area contributed by atoms with E-state index in [-0.39, 0.29) is 0 Å². The maximum Gasteiger partial charge on any atom is 0.159 e. The molecule has 4 heteroatoms. The van der Waals surface area contributed by atoms with Crippen LogP contribution in [0.5, 0.6) is 0 Å². The third-order valence-electron chi connectivity index (χ3n) is 2.95. The number of hydrogen-bond donors (Lipinski definition) is 1. The number of benzene rings is 2. The molecule has 2 aromatic rings. The molecule has 18 heavy (non-hydrogen) atoms. The van der Waals surface area contributed by atoms with Gasteiger partial charge in [0.15, 0.2) is 11.6 Å². The van der Waals surface area contributed by atoms with Crippen molar-refractivity contribution in [3.05, 3.63) is 69.2 Å². The molecule has 1 nitrogen and oxygen atoms in total. The summed E-state index contributed by atoms with van der Waals surface area (Å²) >= 11 is 3.42. The van der Waals surface area contributed by atoms with Gasteiger partial charge in [-0.05, 0) is 41.8 Å². The van der Waals surface area contributed by atoms with Crippen LogP contribution >= 0.6 is 15.9 Å². The molecule has 0 spiro atoms. The number of nitrogens with two attached hydrogens (primary N) is 1. The Hall–Kier alpha value is -1.26. The van der Waals surface area contributed by atoms with Crippen molar-refractivity contribution in [3.8, 4) is 0 Å². The summed E-state index contributed by atoms with van der Waals surface area (Å²) in [6, 6.07) is 8.92. The van der Waals surface area contributed by atoms with E-state index in [0.29, 0.717) is 5.56 Å². The van der Waals surface area contributed by atoms with E-state index in [0.717, 1.165) is 27.7 Å². The molecular formula is C14H12BrF2N. The largest absolute Gasteiger partial charge is 0.320 e. The molecule has 0 saturated carbocycles. The molecule has 0 radical (unpaired) electrons. The minimum absolute atomic E-state index is 0.474. The highest BCUT2D eigenvalue weighted by Crippen LogP contribution is 2.28. The zero-order valence-corrected chi connectivity index (χ0v) is 11.3. The van der Waals surface area contributed by atoms with Crippen molar-refractivity contribution in [3.63, 3.8) is 0 Å². The van der Waals surface area contributed by atoms with Crippen molar-refractivity contribution in [1.29, 1.82) is 0 Å². The maximum absolute atomic E-state index is 13.2. The van der Waals surface area contributed by atoms with Gasteiger partial charge in [0, 0.05) is 4.47 Å². The van der Waals surface area contributed by atoms with E-state index < -0.39 is 17.7 Å². The molecule has 0 heterocycles. The van der Waals surface area contributed by atoms with Crippen molar-refractivity contribution < 1.29 is 8.78 Å². The van der Waals surface area contributed by atoms with Gasteiger partial charge in [0.1, 0.15) is 0 Å². The summed E-state index contributed by atoms with van der Waals surface area (Å²) in [5.74, 6) is -1.74. The molecule has 0 aromatic heterocycles. The molecule has 2 N–H and O–H groups in total. The highest BCUT2D eigenvalue weighted by atomic mass is 79.9. The standard InChI is InChI=1S/C14H12BrF2N/c1-8-10(3-2-4-11(8)15)14(18)9-5-6-12(16)13(17)7-9/h2-7,14H,18H2,1H3. The zero-order chi connectivity index (χ0) is 13.3. The van der Waals surface area contributed by atoms with Gasteiger partial charge in [-0.1, -0.05) is 34.1 Å². The Balaban J connectivity index is 2.44. The van der Waals surface area contributed by atoms with Gasteiger partial charge >= 0.3 is 0 Å². The third kappa shape index (κ3) is 2.44. The molecule has 0 saturated heterocycles. The van der Waals surface area contributed by atoms with Crippen molar-refractivity contribution in [2.24, 2.45) is 5.73 Å². The van der Waals surface area contributed by atoms with Crippen LogP contribution in [-0.2, 0) is 0 Å². The van der Waals surface area contributed by atoms with Gasteiger partial charge in [0.05, 0.1) is 6.04 Å². The number of rotatable bonds is 2. The van der Waals surface area contributed by atoms with Gasteiger partial charge < -0.3 is 5.73 Å². The van der Waals surface area contributed by atoms with E-state index >= 15 is 0 Å². The minimum atomic E-state index is -0.879. The molecule has 0 aliphatic rings. The van der Waals surface area contributed by atoms with E-state index in [9.17, 15) is 8.78 Å². The first-order valence-electron chi connectivity index (χ1n) is 5.46. The Morgan fingerprint density at radius 1 is 1.11 bits per heavy atom. The van der Waals surface area contributed by atoms with Crippen LogP contribution in [0.1, 0.15) is 22.7 Å². The predicted molar refractivity (Wildman–Crippen MR) is 71.3 cm³/mol. The SMILES string of the molecule is Cc1c(Br)cccc1C(N)c1ccc(F)c(F)c1. The smallest absolute Gasteiger partial charge is 0.159 e. The van der Waals surface area contributed by atoms with Crippen molar-refractivity contribution in [2.45, 2.75) is 13.0 Å². The number of hydrogen-bond acceptors (Lipinski definition) is 1. The lowest BCUT2D eigenvalue weighted by molar-refractivity contribution is 0.506. The van der Waals surface area contributed by atoms with Gasteiger partial charge in [0.2, 0.25) is 0 Å². The van der Waals surface area contributed by atoms with Crippen molar-refractivity contribution in [1.82, 2.24) is 0 Å². The van der Waals surface area contributed by atoms with E-state index in [1.807, 2.05) is 25.1 Å². The van der Waals surface area contributed by atoms with E-state index in [1.165, 1.54) is 6.07 Å². The summed E-state index contributed by atoms with van der Waals surface area (Å²) in [6.45, 7) is 1.93. The Kier molecular flexibility index (Phi) is 3.78. The van der Waals surface area contributed by atoms with Crippen LogP contribution in [0.25, 0.3) is 0 Å². The molecule has 0 amide bonds. The quantitative estimate of drug-likeness (QED) is 0.888. The van der Waals surface area contributed by atoms with Crippen LogP contribution in [0.2, 0.25) is 0 Å². The molecule has 0 aliphatic carbocycles. The highest BCUT2D eigenvalue weighted by molar-refractivity contribution is 9.10. The molecule has 1 unspecified atom stereocenters. The van der Waals surface area contributed by atoms with Crippen LogP contribution < -0.4 is 5.73 Å². The normalized spacial score (nSPS) is 12.5. The summed E-state index contributed by atoms with van der Waals surface area (Å²) in [7, 11) is 0. The third-order valence-corrected chi connectivity index (χ3v) is 3.81. The number of halogens is 3. The fraction of sp³-hybridized carbons (Fsp3) is 0.143. The van der Waals surface area contributed by atoms with Gasteiger partial charge in [-0.2, -0.15) is 0 Å².